The molecule has 0 spiro atoms. The molecule has 164 valence electrons. The number of amides is 1. The van der Waals surface area contributed by atoms with Crippen LogP contribution in [0.5, 0.6) is 0 Å². The lowest BCUT2D eigenvalue weighted by Gasteiger charge is -2.32. The SMILES string of the molecule is CCOC(=O)C1(NC(=O)CCN2CCOCC2)CSC2=C1C(=O)c1ccccc1C2=O. The number of carbonyl (C=O) groups is 4. The zero-order chi connectivity index (χ0) is 22.0. The summed E-state index contributed by atoms with van der Waals surface area (Å²) in [5.41, 5.74) is -1.08. The number of hydrogen-bond donors (Lipinski definition) is 1. The molecule has 2 heterocycles. The Morgan fingerprint density at radius 2 is 1.84 bits per heavy atom. The van der Waals surface area contributed by atoms with Gasteiger partial charge in [-0.15, -0.1) is 11.8 Å². The molecule has 1 N–H and O–H groups in total. The minimum Gasteiger partial charge on any atom is -0.464 e. The van der Waals surface area contributed by atoms with Crippen LogP contribution in [0.25, 0.3) is 0 Å². The second-order valence-corrected chi connectivity index (χ2v) is 8.56. The van der Waals surface area contributed by atoms with Crippen molar-refractivity contribution in [2.45, 2.75) is 18.9 Å². The number of allylic oxidation sites excluding steroid dienone is 1. The molecular weight excluding hydrogens is 420 g/mol. The molecule has 0 saturated carbocycles. The van der Waals surface area contributed by atoms with Gasteiger partial charge in [-0.1, -0.05) is 24.3 Å². The Bertz CT molecular complexity index is 969. The smallest absolute Gasteiger partial charge is 0.337 e. The molecule has 1 amide bonds. The predicted octanol–water partition coefficient (Wildman–Crippen LogP) is 1.21. The number of carbonyl (C=O) groups excluding carboxylic acids is 4. The normalized spacial score (nSPS) is 23.4. The van der Waals surface area contributed by atoms with E-state index in [0.717, 1.165) is 24.9 Å². The average molecular weight is 445 g/mol. The van der Waals surface area contributed by atoms with Crippen LogP contribution in [0, 0.1) is 0 Å². The first-order chi connectivity index (χ1) is 15.0. The number of hydrogen-bond acceptors (Lipinski definition) is 8. The van der Waals surface area contributed by atoms with Gasteiger partial charge in [0.15, 0.2) is 11.3 Å². The van der Waals surface area contributed by atoms with Crippen molar-refractivity contribution in [2.75, 3.05) is 45.2 Å². The van der Waals surface area contributed by atoms with Crippen molar-refractivity contribution in [2.24, 2.45) is 0 Å². The Morgan fingerprint density at radius 3 is 2.52 bits per heavy atom. The number of rotatable bonds is 6. The van der Waals surface area contributed by atoms with Crippen LogP contribution in [-0.2, 0) is 19.1 Å². The zero-order valence-corrected chi connectivity index (χ0v) is 18.1. The fraction of sp³-hybridized carbons (Fsp3) is 0.455. The molecule has 0 aromatic heterocycles. The van der Waals surface area contributed by atoms with Crippen LogP contribution < -0.4 is 5.32 Å². The first kappa shape index (κ1) is 21.7. The number of esters is 1. The number of ether oxygens (including phenoxy) is 2. The van der Waals surface area contributed by atoms with Gasteiger partial charge in [-0.2, -0.15) is 0 Å². The number of morpholine rings is 1. The van der Waals surface area contributed by atoms with E-state index < -0.39 is 17.3 Å². The van der Waals surface area contributed by atoms with Crippen molar-refractivity contribution >= 4 is 35.2 Å². The summed E-state index contributed by atoms with van der Waals surface area (Å²) in [4.78, 5) is 54.6. The lowest BCUT2D eigenvalue weighted by Crippen LogP contribution is -2.59. The third-order valence-electron chi connectivity index (χ3n) is 5.67. The fourth-order valence-corrected chi connectivity index (χ4v) is 5.43. The summed E-state index contributed by atoms with van der Waals surface area (Å²) in [6, 6.07) is 6.54. The molecule has 1 aromatic rings. The molecule has 0 radical (unpaired) electrons. The summed E-state index contributed by atoms with van der Waals surface area (Å²) in [5, 5.41) is 2.77. The molecule has 1 aromatic carbocycles. The van der Waals surface area contributed by atoms with Crippen LogP contribution in [0.3, 0.4) is 0 Å². The molecule has 1 atom stereocenters. The zero-order valence-electron chi connectivity index (χ0n) is 17.3. The molecule has 9 heteroatoms. The molecular formula is C22H24N2O6S. The van der Waals surface area contributed by atoms with Crippen LogP contribution in [0.4, 0.5) is 0 Å². The van der Waals surface area contributed by atoms with Crippen LogP contribution in [0.15, 0.2) is 34.7 Å². The summed E-state index contributed by atoms with van der Waals surface area (Å²) in [6.45, 7) is 5.00. The van der Waals surface area contributed by atoms with Gasteiger partial charge in [-0.05, 0) is 6.92 Å². The first-order valence-corrected chi connectivity index (χ1v) is 11.3. The minimum atomic E-state index is -1.67. The molecule has 3 aliphatic rings. The van der Waals surface area contributed by atoms with Crippen LogP contribution in [0.2, 0.25) is 0 Å². The van der Waals surface area contributed by atoms with E-state index in [1.165, 1.54) is 0 Å². The van der Waals surface area contributed by atoms with Gasteiger partial charge < -0.3 is 14.8 Å². The molecule has 1 saturated heterocycles. The summed E-state index contributed by atoms with van der Waals surface area (Å²) in [7, 11) is 0. The van der Waals surface area contributed by atoms with E-state index in [-0.39, 0.29) is 46.5 Å². The highest BCUT2D eigenvalue weighted by atomic mass is 32.2. The number of Topliss-reactive ketones (excluding diaryl/α,β-unsaturated/α-hetero) is 2. The van der Waals surface area contributed by atoms with Gasteiger partial charge in [0.1, 0.15) is 0 Å². The Hall–Kier alpha value is -2.49. The van der Waals surface area contributed by atoms with E-state index in [4.69, 9.17) is 9.47 Å². The Labute approximate surface area is 184 Å². The molecule has 1 unspecified atom stereocenters. The van der Waals surface area contributed by atoms with Crippen molar-refractivity contribution < 1.29 is 28.7 Å². The second-order valence-electron chi connectivity index (χ2n) is 7.57. The highest BCUT2D eigenvalue weighted by molar-refractivity contribution is 8.04. The molecule has 1 aliphatic carbocycles. The van der Waals surface area contributed by atoms with Crippen molar-refractivity contribution in [3.8, 4) is 0 Å². The fourth-order valence-electron chi connectivity index (χ4n) is 4.08. The third kappa shape index (κ3) is 3.93. The van der Waals surface area contributed by atoms with Gasteiger partial charge in [0, 0.05) is 42.9 Å². The lowest BCUT2D eigenvalue weighted by atomic mass is 9.79. The largest absolute Gasteiger partial charge is 0.464 e. The van der Waals surface area contributed by atoms with Crippen molar-refractivity contribution in [1.29, 1.82) is 0 Å². The maximum atomic E-state index is 13.4. The van der Waals surface area contributed by atoms with Crippen LogP contribution in [-0.4, -0.2) is 79.1 Å². The number of ketones is 2. The molecule has 0 bridgehead atoms. The molecule has 8 nitrogen and oxygen atoms in total. The quantitative estimate of drug-likeness (QED) is 0.654. The Morgan fingerprint density at radius 1 is 1.16 bits per heavy atom. The van der Waals surface area contributed by atoms with Gasteiger partial charge >= 0.3 is 5.97 Å². The van der Waals surface area contributed by atoms with Crippen molar-refractivity contribution in [3.63, 3.8) is 0 Å². The average Bonchev–Trinajstić information content (AvgIpc) is 3.18. The van der Waals surface area contributed by atoms with Crippen LogP contribution >= 0.6 is 11.8 Å². The summed E-state index contributed by atoms with van der Waals surface area (Å²) >= 11 is 1.12. The Balaban J connectivity index is 1.62. The second kappa shape index (κ2) is 8.94. The van der Waals surface area contributed by atoms with Crippen LogP contribution in [0.1, 0.15) is 34.1 Å². The number of nitrogens with zero attached hydrogens (tertiary/aromatic N) is 1. The minimum absolute atomic E-state index is 0.0272. The highest BCUT2D eigenvalue weighted by Crippen LogP contribution is 2.46. The number of thioether (sulfide) groups is 1. The monoisotopic (exact) mass is 444 g/mol. The molecule has 31 heavy (non-hydrogen) atoms. The van der Waals surface area contributed by atoms with Gasteiger partial charge in [-0.25, -0.2) is 4.79 Å². The maximum Gasteiger partial charge on any atom is 0.337 e. The summed E-state index contributed by atoms with van der Waals surface area (Å²) in [6.07, 6.45) is 0.160. The van der Waals surface area contributed by atoms with Crippen molar-refractivity contribution in [3.05, 3.63) is 45.9 Å². The van der Waals surface area contributed by atoms with Crippen molar-refractivity contribution in [1.82, 2.24) is 10.2 Å². The van der Waals surface area contributed by atoms with E-state index in [1.807, 2.05) is 0 Å². The van der Waals surface area contributed by atoms with E-state index in [1.54, 1.807) is 31.2 Å². The molecule has 1 fully saturated rings. The van der Waals surface area contributed by atoms with Gasteiger partial charge in [0.05, 0.1) is 30.3 Å². The van der Waals surface area contributed by atoms with Gasteiger partial charge in [0.25, 0.3) is 0 Å². The Kier molecular flexibility index (Phi) is 6.27. The van der Waals surface area contributed by atoms with E-state index in [9.17, 15) is 19.2 Å². The third-order valence-corrected chi connectivity index (χ3v) is 6.93. The maximum absolute atomic E-state index is 13.4. The number of fused-ring (bicyclic) bond motifs is 1. The lowest BCUT2D eigenvalue weighted by molar-refractivity contribution is -0.150. The number of benzene rings is 1. The predicted molar refractivity (Wildman–Crippen MR) is 114 cm³/mol. The summed E-state index contributed by atoms with van der Waals surface area (Å²) < 4.78 is 10.6. The van der Waals surface area contributed by atoms with Gasteiger partial charge in [-0.3, -0.25) is 19.3 Å². The van der Waals surface area contributed by atoms with E-state index in [0.29, 0.717) is 25.3 Å². The standard InChI is InChI=1S/C22H24N2O6S/c1-2-30-21(28)22(23-16(25)7-8-24-9-11-29-12-10-24)13-31-20-17(22)18(26)14-5-3-4-6-15(14)19(20)27/h3-6H,2,7-13H2,1H3,(H,23,25). The molecule has 4 rings (SSSR count). The first-order valence-electron chi connectivity index (χ1n) is 10.3. The highest BCUT2D eigenvalue weighted by Gasteiger charge is 2.56. The van der Waals surface area contributed by atoms with Gasteiger partial charge in [0.2, 0.25) is 11.7 Å². The van der Waals surface area contributed by atoms with E-state index in [2.05, 4.69) is 10.2 Å². The van der Waals surface area contributed by atoms with E-state index >= 15 is 0 Å². The molecule has 2 aliphatic heterocycles. The summed E-state index contributed by atoms with van der Waals surface area (Å²) in [5.74, 6) is -1.76. The number of nitrogens with one attached hydrogen (secondary N) is 1. The topological polar surface area (TPSA) is 102 Å².